The summed E-state index contributed by atoms with van der Waals surface area (Å²) in [5, 5.41) is 10.4. The van der Waals surface area contributed by atoms with E-state index in [9.17, 15) is 0 Å². The Hall–Kier alpha value is -6.24. The van der Waals surface area contributed by atoms with E-state index >= 15 is 0 Å². The molecule has 0 fully saturated rings. The van der Waals surface area contributed by atoms with Crippen molar-refractivity contribution in [1.82, 2.24) is 0 Å². The number of hydrogen-bond donors (Lipinski definition) is 0. The molecule has 56 heavy (non-hydrogen) atoms. The second-order valence-electron chi connectivity index (χ2n) is 15.2. The van der Waals surface area contributed by atoms with Crippen LogP contribution in [0.2, 0.25) is 0 Å². The fourth-order valence-corrected chi connectivity index (χ4v) is 8.45. The minimum atomic E-state index is 1.01. The summed E-state index contributed by atoms with van der Waals surface area (Å²) >= 11 is 0. The molecule has 0 heteroatoms. The zero-order valence-electron chi connectivity index (χ0n) is 33.2. The van der Waals surface area contributed by atoms with E-state index in [4.69, 9.17) is 0 Å². The van der Waals surface area contributed by atoms with Crippen LogP contribution in [0.15, 0.2) is 176 Å². The van der Waals surface area contributed by atoms with Crippen LogP contribution in [0.1, 0.15) is 57.6 Å². The molecule has 0 bridgehead atoms. The van der Waals surface area contributed by atoms with Gasteiger partial charge in [0.15, 0.2) is 0 Å². The van der Waals surface area contributed by atoms with E-state index in [2.05, 4.69) is 191 Å². The number of aryl methyl sites for hydroxylation is 1. The van der Waals surface area contributed by atoms with Crippen molar-refractivity contribution in [1.29, 1.82) is 0 Å². The third-order valence-corrected chi connectivity index (χ3v) is 11.3. The Morgan fingerprint density at radius 1 is 0.607 bits per heavy atom. The standard InChI is InChI=1S/C56H50/c1-6-9-16-40(8-3)39(5)24-26-41(15-7-2)44-19-14-20-45(34-44)48-31-32-53-54(37-48)56(50-29-27-42-17-10-11-18-43(42)35-50)52-22-13-12-21-51(52)55(53)49-30-28-46-33-38(4)23-25-47(46)36-49/h6,8-11,14,16-37H,3,7,12-13,15H2,1-2,4-5H3/b9-6-,39-24+,40-16+,41-26+. The van der Waals surface area contributed by atoms with Gasteiger partial charge in [0.2, 0.25) is 0 Å². The largest absolute Gasteiger partial charge is 0.0985 e. The minimum Gasteiger partial charge on any atom is -0.0985 e. The molecule has 8 rings (SSSR count). The highest BCUT2D eigenvalue weighted by Gasteiger charge is 2.18. The van der Waals surface area contributed by atoms with Crippen molar-refractivity contribution in [2.45, 2.75) is 53.4 Å². The predicted molar refractivity (Wildman–Crippen MR) is 247 cm³/mol. The van der Waals surface area contributed by atoms with Crippen LogP contribution in [-0.2, 0) is 0 Å². The van der Waals surface area contributed by atoms with Crippen LogP contribution < -0.4 is 10.4 Å². The molecule has 7 aromatic carbocycles. The molecule has 0 saturated carbocycles. The average Bonchev–Trinajstić information content (AvgIpc) is 3.24. The van der Waals surface area contributed by atoms with Crippen molar-refractivity contribution in [3.8, 4) is 33.4 Å². The van der Waals surface area contributed by atoms with Crippen LogP contribution in [0, 0.1) is 6.92 Å². The van der Waals surface area contributed by atoms with E-state index in [1.165, 1.54) is 98.4 Å². The Morgan fingerprint density at radius 2 is 1.25 bits per heavy atom. The molecule has 0 nitrogen and oxygen atoms in total. The van der Waals surface area contributed by atoms with Gasteiger partial charge in [0.25, 0.3) is 0 Å². The normalized spacial score (nSPS) is 13.6. The first kappa shape index (κ1) is 36.7. The molecule has 1 aliphatic rings. The summed E-state index contributed by atoms with van der Waals surface area (Å²) in [6.07, 6.45) is 21.9. The summed E-state index contributed by atoms with van der Waals surface area (Å²) in [4.78, 5) is 0. The van der Waals surface area contributed by atoms with Gasteiger partial charge in [-0.3, -0.25) is 0 Å². The molecule has 0 heterocycles. The van der Waals surface area contributed by atoms with Gasteiger partial charge in [-0.05, 0) is 163 Å². The molecule has 0 amide bonds. The first-order valence-electron chi connectivity index (χ1n) is 20.2. The van der Waals surface area contributed by atoms with Gasteiger partial charge < -0.3 is 0 Å². The summed E-state index contributed by atoms with van der Waals surface area (Å²) in [6.45, 7) is 12.7. The van der Waals surface area contributed by atoms with E-state index in [1.807, 2.05) is 13.0 Å². The zero-order chi connectivity index (χ0) is 38.6. The van der Waals surface area contributed by atoms with Crippen molar-refractivity contribution in [3.05, 3.63) is 197 Å². The predicted octanol–water partition coefficient (Wildman–Crippen LogP) is 14.6. The number of hydrogen-bond acceptors (Lipinski definition) is 0. The van der Waals surface area contributed by atoms with Crippen molar-refractivity contribution in [2.75, 3.05) is 0 Å². The highest BCUT2D eigenvalue weighted by atomic mass is 14.2. The van der Waals surface area contributed by atoms with E-state index in [-0.39, 0.29) is 0 Å². The quantitative estimate of drug-likeness (QED) is 0.123. The topological polar surface area (TPSA) is 0 Å². The van der Waals surface area contributed by atoms with Gasteiger partial charge in [-0.25, -0.2) is 0 Å². The number of benzene rings is 7. The lowest BCUT2D eigenvalue weighted by molar-refractivity contribution is 0.973. The minimum absolute atomic E-state index is 1.01. The van der Waals surface area contributed by atoms with Gasteiger partial charge in [0.1, 0.15) is 0 Å². The molecule has 0 saturated heterocycles. The Morgan fingerprint density at radius 3 is 1.98 bits per heavy atom. The molecule has 7 aromatic rings. The molecular weight excluding hydrogens is 673 g/mol. The zero-order valence-corrected chi connectivity index (χ0v) is 33.2. The lowest BCUT2D eigenvalue weighted by Crippen LogP contribution is -2.31. The molecule has 0 N–H and O–H groups in total. The Bertz CT molecular complexity index is 2900. The summed E-state index contributed by atoms with van der Waals surface area (Å²) in [7, 11) is 0. The first-order chi connectivity index (χ1) is 27.4. The highest BCUT2D eigenvalue weighted by Crippen LogP contribution is 2.37. The lowest BCUT2D eigenvalue weighted by atomic mass is 9.84. The second-order valence-corrected chi connectivity index (χ2v) is 15.2. The molecular formula is C56H50. The summed E-state index contributed by atoms with van der Waals surface area (Å²) in [5.41, 5.74) is 13.9. The molecule has 0 unspecified atom stereocenters. The van der Waals surface area contributed by atoms with Crippen LogP contribution in [-0.4, -0.2) is 0 Å². The third kappa shape index (κ3) is 7.28. The number of rotatable bonds is 10. The van der Waals surface area contributed by atoms with Crippen molar-refractivity contribution < 1.29 is 0 Å². The molecule has 0 radical (unpaired) electrons. The fourth-order valence-electron chi connectivity index (χ4n) is 8.45. The van der Waals surface area contributed by atoms with Gasteiger partial charge in [-0.15, -0.1) is 0 Å². The molecule has 0 aromatic heterocycles. The van der Waals surface area contributed by atoms with Crippen LogP contribution in [0.5, 0.6) is 0 Å². The maximum atomic E-state index is 4.06. The average molecular weight is 723 g/mol. The fraction of sp³-hybridized carbons (Fsp3) is 0.143. The SMILES string of the molecule is C=CC(=C\C=C/C)/C(C)=C/C=C(\CCC)c1cccc(-c2ccc3c(-c4ccc5cc(C)ccc5c4)c4c(c(-c5ccc6ccccc6c5)c3c2)=CCCC=4)c1. The first-order valence-corrected chi connectivity index (χ1v) is 20.2. The van der Waals surface area contributed by atoms with Crippen LogP contribution in [0.25, 0.3) is 83.4 Å². The Balaban J connectivity index is 1.35. The summed E-state index contributed by atoms with van der Waals surface area (Å²) in [6, 6.07) is 45.9. The van der Waals surface area contributed by atoms with Gasteiger partial charge in [0, 0.05) is 0 Å². The van der Waals surface area contributed by atoms with Crippen LogP contribution in [0.3, 0.4) is 0 Å². The lowest BCUT2D eigenvalue weighted by Gasteiger charge is -2.19. The van der Waals surface area contributed by atoms with Gasteiger partial charge in [-0.2, -0.15) is 0 Å². The van der Waals surface area contributed by atoms with Crippen molar-refractivity contribution in [3.63, 3.8) is 0 Å². The van der Waals surface area contributed by atoms with Crippen LogP contribution in [0.4, 0.5) is 0 Å². The smallest absolute Gasteiger partial charge is 0.00293 e. The van der Waals surface area contributed by atoms with Gasteiger partial charge >= 0.3 is 0 Å². The number of fused-ring (bicyclic) bond motifs is 4. The van der Waals surface area contributed by atoms with Crippen molar-refractivity contribution in [2.24, 2.45) is 0 Å². The molecule has 0 aliphatic heterocycles. The summed E-state index contributed by atoms with van der Waals surface area (Å²) < 4.78 is 0. The van der Waals surface area contributed by atoms with E-state index in [0.717, 1.165) is 31.3 Å². The summed E-state index contributed by atoms with van der Waals surface area (Å²) in [5.74, 6) is 0. The van der Waals surface area contributed by atoms with Gasteiger partial charge in [0.05, 0.1) is 0 Å². The Labute approximate surface area is 332 Å². The van der Waals surface area contributed by atoms with E-state index in [1.54, 1.807) is 0 Å². The Kier molecular flexibility index (Phi) is 10.6. The maximum Gasteiger partial charge on any atom is -0.00293 e. The maximum absolute atomic E-state index is 4.06. The molecule has 274 valence electrons. The highest BCUT2D eigenvalue weighted by molar-refractivity contribution is 6.09. The van der Waals surface area contributed by atoms with E-state index in [0.29, 0.717) is 0 Å². The second kappa shape index (κ2) is 16.2. The molecule has 0 spiro atoms. The molecule has 1 aliphatic carbocycles. The third-order valence-electron chi connectivity index (χ3n) is 11.3. The molecule has 0 atom stereocenters. The van der Waals surface area contributed by atoms with Crippen LogP contribution >= 0.6 is 0 Å². The van der Waals surface area contributed by atoms with Crippen molar-refractivity contribution >= 4 is 50.0 Å². The van der Waals surface area contributed by atoms with E-state index < -0.39 is 0 Å². The monoisotopic (exact) mass is 722 g/mol. The number of allylic oxidation sites excluding steroid dienone is 9. The van der Waals surface area contributed by atoms with Gasteiger partial charge in [-0.1, -0.05) is 171 Å².